The topological polar surface area (TPSA) is 72.6 Å². The van der Waals surface area contributed by atoms with Gasteiger partial charge in [0.15, 0.2) is 0 Å². The molecule has 0 saturated carbocycles. The van der Waals surface area contributed by atoms with Crippen molar-refractivity contribution in [2.75, 3.05) is 51.7 Å². The van der Waals surface area contributed by atoms with Crippen molar-refractivity contribution in [3.05, 3.63) is 75.0 Å². The van der Waals surface area contributed by atoms with Gasteiger partial charge in [0.2, 0.25) is 0 Å². The number of aromatic nitrogens is 1. The summed E-state index contributed by atoms with van der Waals surface area (Å²) < 4.78 is 1.72. The van der Waals surface area contributed by atoms with Gasteiger partial charge >= 0.3 is 0 Å². The molecule has 2 aromatic carbocycles. The van der Waals surface area contributed by atoms with Gasteiger partial charge in [-0.1, -0.05) is 29.8 Å². The number of aryl methyl sites for hydroxylation is 1. The minimum Gasteiger partial charge on any atom is -0.366 e. The Balaban J connectivity index is 1.62. The minimum atomic E-state index is -0.255. The van der Waals surface area contributed by atoms with Crippen LogP contribution in [0.4, 0.5) is 5.69 Å². The summed E-state index contributed by atoms with van der Waals surface area (Å²) in [5, 5.41) is 11.4. The Morgan fingerprint density at radius 3 is 2.38 bits per heavy atom. The van der Waals surface area contributed by atoms with Crippen molar-refractivity contribution in [2.24, 2.45) is 0 Å². The van der Waals surface area contributed by atoms with E-state index in [9.17, 15) is 14.9 Å². The quantitative estimate of drug-likeness (QED) is 0.543. The molecule has 1 aliphatic heterocycles. The number of piperazine rings is 1. The molecule has 3 aromatic rings. The normalized spacial score (nSPS) is 14.0. The maximum Gasteiger partial charge on any atom is 0.271 e. The molecule has 1 aliphatic rings. The molecule has 0 N–H and O–H groups in total. The van der Waals surface area contributed by atoms with Crippen molar-refractivity contribution in [3.8, 4) is 6.07 Å². The lowest BCUT2D eigenvalue weighted by Crippen LogP contribution is -2.49. The number of nitriles is 1. The molecule has 1 saturated heterocycles. The predicted octanol–water partition coefficient (Wildman–Crippen LogP) is 3.44. The number of hydrogen-bond acceptors (Lipinski definition) is 5. The fraction of sp³-hybridized carbons (Fsp3) is 0.346. The molecule has 0 bridgehead atoms. The monoisotopic (exact) mass is 477 g/mol. The molecule has 0 aliphatic carbocycles. The summed E-state index contributed by atoms with van der Waals surface area (Å²) in [6, 6.07) is 16.8. The molecule has 1 aromatic heterocycles. The third kappa shape index (κ3) is 4.79. The molecule has 0 unspecified atom stereocenters. The second-order valence-corrected chi connectivity index (χ2v) is 9.19. The average molecular weight is 478 g/mol. The number of carbonyl (C=O) groups is 1. The van der Waals surface area contributed by atoms with Crippen LogP contribution in [0, 0.1) is 11.3 Å². The van der Waals surface area contributed by atoms with E-state index in [-0.39, 0.29) is 17.0 Å². The predicted molar refractivity (Wildman–Crippen MR) is 136 cm³/mol. The second-order valence-electron chi connectivity index (χ2n) is 8.75. The standard InChI is InChI=1S/C26H28ClN5O2/c1-29(2)12-5-13-32-23-7-4-3-6-21(23)24(22(18-28)26(32)34)30-14-16-31(17-15-30)25(33)19-8-10-20(27)11-9-19/h3-4,6-11H,5,12-17H2,1-2H3. The van der Waals surface area contributed by atoms with Gasteiger partial charge in [0.1, 0.15) is 11.6 Å². The maximum absolute atomic E-state index is 13.4. The van der Waals surface area contributed by atoms with Crippen molar-refractivity contribution in [1.29, 1.82) is 5.26 Å². The minimum absolute atomic E-state index is 0.0435. The molecule has 1 amide bonds. The highest BCUT2D eigenvalue weighted by atomic mass is 35.5. The van der Waals surface area contributed by atoms with Crippen molar-refractivity contribution < 1.29 is 4.79 Å². The zero-order valence-electron chi connectivity index (χ0n) is 19.5. The lowest BCUT2D eigenvalue weighted by atomic mass is 10.1. The Morgan fingerprint density at radius 1 is 1.06 bits per heavy atom. The zero-order chi connectivity index (χ0) is 24.2. The number of fused-ring (bicyclic) bond motifs is 1. The van der Waals surface area contributed by atoms with Gasteiger partial charge in [0.05, 0.1) is 11.2 Å². The lowest BCUT2D eigenvalue weighted by molar-refractivity contribution is 0.0747. The first-order chi connectivity index (χ1) is 16.4. The Labute approximate surface area is 204 Å². The molecule has 7 nitrogen and oxygen atoms in total. The van der Waals surface area contributed by atoms with E-state index in [1.807, 2.05) is 38.4 Å². The van der Waals surface area contributed by atoms with Gasteiger partial charge in [-0.3, -0.25) is 9.59 Å². The fourth-order valence-electron chi connectivity index (χ4n) is 4.49. The molecular formula is C26H28ClN5O2. The summed E-state index contributed by atoms with van der Waals surface area (Å²) in [5.41, 5.74) is 2.02. The number of benzene rings is 2. The molecule has 1 fully saturated rings. The number of halogens is 1. The van der Waals surface area contributed by atoms with Crippen molar-refractivity contribution in [3.63, 3.8) is 0 Å². The molecule has 0 atom stereocenters. The number of carbonyl (C=O) groups excluding carboxylic acids is 1. The molecule has 0 spiro atoms. The van der Waals surface area contributed by atoms with Crippen LogP contribution in [0.1, 0.15) is 22.3 Å². The first-order valence-corrected chi connectivity index (χ1v) is 11.8. The van der Waals surface area contributed by atoms with Crippen LogP contribution in [0.3, 0.4) is 0 Å². The summed E-state index contributed by atoms with van der Waals surface area (Å²) >= 11 is 5.94. The maximum atomic E-state index is 13.4. The van der Waals surface area contributed by atoms with Crippen LogP contribution in [-0.2, 0) is 6.54 Å². The Hall–Kier alpha value is -3.34. The van der Waals surface area contributed by atoms with E-state index in [1.54, 1.807) is 33.7 Å². The summed E-state index contributed by atoms with van der Waals surface area (Å²) in [7, 11) is 4.00. The van der Waals surface area contributed by atoms with E-state index in [1.165, 1.54) is 0 Å². The van der Waals surface area contributed by atoms with Crippen molar-refractivity contribution in [2.45, 2.75) is 13.0 Å². The molecular weight excluding hydrogens is 450 g/mol. The van der Waals surface area contributed by atoms with Gasteiger partial charge in [-0.05, 0) is 57.4 Å². The number of pyridine rings is 1. The Kier molecular flexibility index (Phi) is 7.20. The molecule has 8 heteroatoms. The van der Waals surface area contributed by atoms with Crippen LogP contribution in [-0.4, -0.2) is 67.1 Å². The van der Waals surface area contributed by atoms with Gasteiger partial charge in [0.25, 0.3) is 11.5 Å². The highest BCUT2D eigenvalue weighted by Gasteiger charge is 2.27. The van der Waals surface area contributed by atoms with E-state index < -0.39 is 0 Å². The molecule has 4 rings (SSSR count). The van der Waals surface area contributed by atoms with Crippen molar-refractivity contribution >= 4 is 34.1 Å². The largest absolute Gasteiger partial charge is 0.366 e. The third-order valence-corrected chi connectivity index (χ3v) is 6.47. The summed E-state index contributed by atoms with van der Waals surface area (Å²) in [5.74, 6) is -0.0435. The zero-order valence-corrected chi connectivity index (χ0v) is 20.3. The van der Waals surface area contributed by atoms with Gasteiger partial charge in [-0.2, -0.15) is 5.26 Å². The molecule has 2 heterocycles. The van der Waals surface area contributed by atoms with Crippen LogP contribution in [0.2, 0.25) is 5.02 Å². The van der Waals surface area contributed by atoms with Gasteiger partial charge in [-0.15, -0.1) is 0 Å². The number of anilines is 1. The number of rotatable bonds is 6. The molecule has 34 heavy (non-hydrogen) atoms. The SMILES string of the molecule is CN(C)CCCn1c(=O)c(C#N)c(N2CCN(C(=O)c3ccc(Cl)cc3)CC2)c2ccccc21. The van der Waals surface area contributed by atoms with Gasteiger partial charge in [-0.25, -0.2) is 0 Å². The summed E-state index contributed by atoms with van der Waals surface area (Å²) in [6.07, 6.45) is 0.812. The van der Waals surface area contributed by atoms with E-state index in [0.29, 0.717) is 49.0 Å². The van der Waals surface area contributed by atoms with Crippen LogP contribution >= 0.6 is 11.6 Å². The smallest absolute Gasteiger partial charge is 0.271 e. The van der Waals surface area contributed by atoms with E-state index in [0.717, 1.165) is 23.9 Å². The van der Waals surface area contributed by atoms with Gasteiger partial charge in [0, 0.05) is 48.7 Å². The summed E-state index contributed by atoms with van der Waals surface area (Å²) in [6.45, 7) is 3.51. The average Bonchev–Trinajstić information content (AvgIpc) is 2.85. The number of para-hydroxylation sites is 1. The van der Waals surface area contributed by atoms with Gasteiger partial charge < -0.3 is 19.3 Å². The summed E-state index contributed by atoms with van der Waals surface area (Å²) in [4.78, 5) is 32.2. The van der Waals surface area contributed by atoms with E-state index >= 15 is 0 Å². The highest BCUT2D eigenvalue weighted by molar-refractivity contribution is 6.30. The Morgan fingerprint density at radius 2 is 1.74 bits per heavy atom. The number of amides is 1. The van der Waals surface area contributed by atoms with Crippen molar-refractivity contribution in [1.82, 2.24) is 14.4 Å². The van der Waals surface area contributed by atoms with Crippen LogP contribution in [0.5, 0.6) is 0 Å². The fourth-order valence-corrected chi connectivity index (χ4v) is 4.62. The number of nitrogens with zero attached hydrogens (tertiary/aromatic N) is 5. The van der Waals surface area contributed by atoms with E-state index in [2.05, 4.69) is 15.9 Å². The first-order valence-electron chi connectivity index (χ1n) is 11.4. The second kappa shape index (κ2) is 10.3. The lowest BCUT2D eigenvalue weighted by Gasteiger charge is -2.37. The number of hydrogen-bond donors (Lipinski definition) is 0. The van der Waals surface area contributed by atoms with Crippen LogP contribution in [0.25, 0.3) is 10.9 Å². The molecule has 0 radical (unpaired) electrons. The highest BCUT2D eigenvalue weighted by Crippen LogP contribution is 2.30. The first kappa shape index (κ1) is 23.8. The van der Waals surface area contributed by atoms with Crippen LogP contribution in [0.15, 0.2) is 53.3 Å². The molecule has 176 valence electrons. The van der Waals surface area contributed by atoms with E-state index in [4.69, 9.17) is 11.6 Å². The Bertz CT molecular complexity index is 1290. The van der Waals surface area contributed by atoms with Crippen LogP contribution < -0.4 is 10.5 Å². The third-order valence-electron chi connectivity index (χ3n) is 6.22.